The minimum absolute atomic E-state index is 0.124. The van der Waals surface area contributed by atoms with Crippen LogP contribution in [0.4, 0.5) is 29.6 Å². The summed E-state index contributed by atoms with van der Waals surface area (Å²) in [6.07, 6.45) is -1.000. The smallest absolute Gasteiger partial charge is 0.419 e. The Morgan fingerprint density at radius 2 is 2.19 bits per heavy atom. The molecule has 1 saturated heterocycles. The van der Waals surface area contributed by atoms with E-state index in [9.17, 15) is 18.0 Å². The van der Waals surface area contributed by atoms with Crippen molar-refractivity contribution in [2.24, 2.45) is 0 Å². The predicted octanol–water partition coefficient (Wildman–Crippen LogP) is 4.75. The molecule has 0 bridgehead atoms. The summed E-state index contributed by atoms with van der Waals surface area (Å²) in [6, 6.07) is 3.41. The van der Waals surface area contributed by atoms with Gasteiger partial charge in [-0.15, -0.1) is 0 Å². The van der Waals surface area contributed by atoms with Crippen LogP contribution >= 0.6 is 15.9 Å². The number of ether oxygens (including phenoxy) is 1. The highest BCUT2D eigenvalue weighted by Gasteiger charge is 2.36. The summed E-state index contributed by atoms with van der Waals surface area (Å²) in [5, 5.41) is 9.38. The number of aromatic nitrogens is 3. The van der Waals surface area contributed by atoms with E-state index in [0.717, 1.165) is 25.6 Å². The van der Waals surface area contributed by atoms with Crippen molar-refractivity contribution in [2.45, 2.75) is 25.1 Å². The molecule has 4 rings (SSSR count). The lowest BCUT2D eigenvalue weighted by Crippen LogP contribution is -2.29. The van der Waals surface area contributed by atoms with Gasteiger partial charge in [-0.1, -0.05) is 6.07 Å². The van der Waals surface area contributed by atoms with Crippen LogP contribution in [0, 0.1) is 0 Å². The van der Waals surface area contributed by atoms with Gasteiger partial charge < -0.3 is 20.4 Å². The highest BCUT2D eigenvalue weighted by atomic mass is 79.9. The fourth-order valence-electron chi connectivity index (χ4n) is 3.64. The van der Waals surface area contributed by atoms with E-state index in [-0.39, 0.29) is 23.2 Å². The number of halogens is 4. The first kappa shape index (κ1) is 22.3. The number of carbonyl (C=O) groups excluding carboxylic acids is 1. The van der Waals surface area contributed by atoms with Gasteiger partial charge in [0.1, 0.15) is 5.56 Å². The third-order valence-electron chi connectivity index (χ3n) is 5.23. The van der Waals surface area contributed by atoms with Gasteiger partial charge >= 0.3 is 12.3 Å². The van der Waals surface area contributed by atoms with Gasteiger partial charge in [-0.2, -0.15) is 13.2 Å². The molecule has 1 aromatic carbocycles. The van der Waals surface area contributed by atoms with Crippen LogP contribution in [-0.4, -0.2) is 47.3 Å². The summed E-state index contributed by atoms with van der Waals surface area (Å²) >= 11 is 3.38. The number of amides is 1. The summed E-state index contributed by atoms with van der Waals surface area (Å²) in [7, 11) is 1.23. The summed E-state index contributed by atoms with van der Waals surface area (Å²) in [5.74, 6) is 0.124. The lowest BCUT2D eigenvalue weighted by molar-refractivity contribution is -0.137. The molecular weight excluding hydrogens is 493 g/mol. The number of hydrogen-bond acceptors (Lipinski definition) is 6. The first-order chi connectivity index (χ1) is 15.3. The van der Waals surface area contributed by atoms with E-state index in [1.807, 2.05) is 0 Å². The normalized spacial score (nSPS) is 16.3. The van der Waals surface area contributed by atoms with Crippen molar-refractivity contribution < 1.29 is 22.7 Å². The van der Waals surface area contributed by atoms with E-state index in [2.05, 4.69) is 51.6 Å². The Bertz CT molecular complexity index is 1140. The number of benzene rings is 1. The molecule has 12 heteroatoms. The molecular formula is C20H20BrF3N6O2. The topological polar surface area (TPSA) is 104 Å². The number of carbonyl (C=O) groups is 1. The van der Waals surface area contributed by atoms with Crippen molar-refractivity contribution in [1.29, 1.82) is 0 Å². The van der Waals surface area contributed by atoms with Crippen LogP contribution in [0.2, 0.25) is 0 Å². The molecule has 170 valence electrons. The monoisotopic (exact) mass is 512 g/mol. The average molecular weight is 513 g/mol. The number of fused-ring (bicyclic) bond motifs is 1. The summed E-state index contributed by atoms with van der Waals surface area (Å²) in [4.78, 5) is 22.6. The maximum Gasteiger partial charge on any atom is 0.419 e. The number of methoxy groups -OCH3 is 1. The number of nitrogens with one attached hydrogen (secondary N) is 4. The van der Waals surface area contributed by atoms with Crippen molar-refractivity contribution >= 4 is 44.6 Å². The first-order valence-corrected chi connectivity index (χ1v) is 10.6. The molecule has 1 atom stereocenters. The van der Waals surface area contributed by atoms with Crippen LogP contribution in [0.5, 0.6) is 0 Å². The van der Waals surface area contributed by atoms with Gasteiger partial charge in [0, 0.05) is 35.9 Å². The zero-order chi connectivity index (χ0) is 22.9. The van der Waals surface area contributed by atoms with Crippen molar-refractivity contribution in [3.8, 4) is 11.3 Å². The SMILES string of the molecule is COC(=O)Nc1ccc2c(-c3nc(NC[C@H]4CCCN4)ncc3C(F)(F)F)c[nH]c2c1Br. The van der Waals surface area contributed by atoms with Gasteiger partial charge in [0.15, 0.2) is 0 Å². The molecule has 1 fully saturated rings. The van der Waals surface area contributed by atoms with E-state index >= 15 is 0 Å². The molecule has 8 nitrogen and oxygen atoms in total. The van der Waals surface area contributed by atoms with Crippen molar-refractivity contribution in [2.75, 3.05) is 30.8 Å². The fourth-order valence-corrected chi connectivity index (χ4v) is 4.20. The molecule has 1 aliphatic rings. The van der Waals surface area contributed by atoms with E-state index in [0.29, 0.717) is 27.6 Å². The number of rotatable bonds is 5. The molecule has 0 aliphatic carbocycles. The molecule has 4 N–H and O–H groups in total. The molecule has 3 heterocycles. The van der Waals surface area contributed by atoms with Crippen molar-refractivity contribution in [1.82, 2.24) is 20.3 Å². The van der Waals surface area contributed by atoms with Crippen LogP contribution in [0.1, 0.15) is 18.4 Å². The standard InChI is InChI=1S/C20H20BrF3N6O2/c1-32-19(31)29-14-5-4-11-12(8-26-17(11)15(14)21)16-13(20(22,23)24)9-28-18(30-16)27-7-10-3-2-6-25-10/h4-5,8-10,25-26H,2-3,6-7H2,1H3,(H,29,31)(H,27,28,30)/t10-/m1/s1. The van der Waals surface area contributed by atoms with Crippen LogP contribution in [0.3, 0.4) is 0 Å². The average Bonchev–Trinajstić information content (AvgIpc) is 3.43. The molecule has 1 amide bonds. The number of alkyl halides is 3. The van der Waals surface area contributed by atoms with Crippen LogP contribution in [0.25, 0.3) is 22.2 Å². The molecule has 3 aromatic rings. The molecule has 0 unspecified atom stereocenters. The second-order valence-electron chi connectivity index (χ2n) is 7.30. The molecule has 0 saturated carbocycles. The molecule has 0 radical (unpaired) electrons. The van der Waals surface area contributed by atoms with Crippen LogP contribution in [-0.2, 0) is 10.9 Å². The fraction of sp³-hybridized carbons (Fsp3) is 0.350. The van der Waals surface area contributed by atoms with E-state index in [1.54, 1.807) is 12.1 Å². The Morgan fingerprint density at radius 3 is 2.88 bits per heavy atom. The molecule has 2 aromatic heterocycles. The van der Waals surface area contributed by atoms with Gasteiger partial charge in [-0.3, -0.25) is 5.32 Å². The van der Waals surface area contributed by atoms with Gasteiger partial charge in [0.25, 0.3) is 0 Å². The Hall–Kier alpha value is -2.86. The summed E-state index contributed by atoms with van der Waals surface area (Å²) < 4.78 is 46.3. The van der Waals surface area contributed by atoms with E-state index < -0.39 is 17.8 Å². The largest absolute Gasteiger partial charge is 0.453 e. The van der Waals surface area contributed by atoms with E-state index in [1.165, 1.54) is 13.3 Å². The Morgan fingerprint density at radius 1 is 1.38 bits per heavy atom. The second-order valence-corrected chi connectivity index (χ2v) is 8.09. The lowest BCUT2D eigenvalue weighted by atomic mass is 10.1. The van der Waals surface area contributed by atoms with Gasteiger partial charge in [0.05, 0.1) is 28.5 Å². The maximum absolute atomic E-state index is 13.7. The zero-order valence-electron chi connectivity index (χ0n) is 16.9. The second kappa shape index (κ2) is 8.94. The number of anilines is 2. The quantitative estimate of drug-likeness (QED) is 0.393. The van der Waals surface area contributed by atoms with E-state index in [4.69, 9.17) is 0 Å². The molecule has 1 aliphatic heterocycles. The first-order valence-electron chi connectivity index (χ1n) is 9.84. The Kier molecular flexibility index (Phi) is 6.24. The van der Waals surface area contributed by atoms with Gasteiger partial charge in [-0.25, -0.2) is 14.8 Å². The van der Waals surface area contributed by atoms with Crippen LogP contribution in [0.15, 0.2) is 29.0 Å². The summed E-state index contributed by atoms with van der Waals surface area (Å²) in [5.41, 5.74) is 0.00678. The summed E-state index contributed by atoms with van der Waals surface area (Å²) in [6.45, 7) is 1.44. The highest BCUT2D eigenvalue weighted by Crippen LogP contribution is 2.41. The molecule has 32 heavy (non-hydrogen) atoms. The van der Waals surface area contributed by atoms with Crippen LogP contribution < -0.4 is 16.0 Å². The number of H-pyrrole nitrogens is 1. The number of hydrogen-bond donors (Lipinski definition) is 4. The zero-order valence-corrected chi connectivity index (χ0v) is 18.5. The van der Waals surface area contributed by atoms with Crippen molar-refractivity contribution in [3.05, 3.63) is 34.6 Å². The van der Waals surface area contributed by atoms with Gasteiger partial charge in [-0.05, 0) is 41.4 Å². The number of aromatic amines is 1. The van der Waals surface area contributed by atoms with Gasteiger partial charge in [0.2, 0.25) is 5.95 Å². The minimum Gasteiger partial charge on any atom is -0.453 e. The minimum atomic E-state index is -4.63. The third-order valence-corrected chi connectivity index (χ3v) is 6.06. The Balaban J connectivity index is 1.74. The third kappa shape index (κ3) is 4.51. The Labute approximate surface area is 189 Å². The van der Waals surface area contributed by atoms with Crippen molar-refractivity contribution in [3.63, 3.8) is 0 Å². The lowest BCUT2D eigenvalue weighted by Gasteiger charge is -2.15. The maximum atomic E-state index is 13.7. The predicted molar refractivity (Wildman–Crippen MR) is 118 cm³/mol. The molecule has 0 spiro atoms. The number of nitrogens with zero attached hydrogens (tertiary/aromatic N) is 2. The highest BCUT2D eigenvalue weighted by molar-refractivity contribution is 9.10.